The normalized spacial score (nSPS) is 30.5. The lowest BCUT2D eigenvalue weighted by molar-refractivity contribution is -0.154. The van der Waals surface area contributed by atoms with Crippen LogP contribution >= 0.6 is 0 Å². The van der Waals surface area contributed by atoms with Gasteiger partial charge in [-0.15, -0.1) is 0 Å². The number of allylic oxidation sites excluding steroid dienone is 1. The van der Waals surface area contributed by atoms with Crippen LogP contribution in [-0.4, -0.2) is 79.6 Å². The largest absolute Gasteiger partial charge is 0.511 e. The fourth-order valence-electron chi connectivity index (χ4n) is 5.50. The number of fused-ring (bicyclic) bond motifs is 3. The molecule has 5 atom stereocenters. The summed E-state index contributed by atoms with van der Waals surface area (Å²) in [6.45, 7) is 1.57. The Balaban J connectivity index is 2.01. The number of aliphatic hydroxyl groups is 4. The van der Waals surface area contributed by atoms with Gasteiger partial charge >= 0.3 is 0 Å². The predicted octanol–water partition coefficient (Wildman–Crippen LogP) is -0.186. The van der Waals surface area contributed by atoms with E-state index in [4.69, 9.17) is 5.73 Å². The topological polar surface area (TPSA) is 199 Å². The quantitative estimate of drug-likeness (QED) is 0.316. The summed E-state index contributed by atoms with van der Waals surface area (Å²) in [7, 11) is 3.01. The number of primary amides is 1. The Morgan fingerprint density at radius 2 is 1.76 bits per heavy atom. The number of ketones is 2. The number of rotatable bonds is 2. The van der Waals surface area contributed by atoms with Gasteiger partial charge in [0.15, 0.2) is 11.4 Å². The number of hydrogen-bond donors (Lipinski definition) is 6. The molecule has 0 saturated carbocycles. The van der Waals surface area contributed by atoms with Crippen LogP contribution in [0.15, 0.2) is 34.8 Å². The van der Waals surface area contributed by atoms with E-state index in [-0.39, 0.29) is 16.7 Å². The number of benzene rings is 1. The van der Waals surface area contributed by atoms with Gasteiger partial charge in [-0.1, -0.05) is 6.92 Å². The minimum atomic E-state index is -2.90. The fraction of sp³-hybridized carbons (Fsp3) is 0.391. The highest BCUT2D eigenvalue weighted by atomic mass is 16.4. The lowest BCUT2D eigenvalue weighted by Crippen LogP contribution is -2.62. The van der Waals surface area contributed by atoms with Crippen LogP contribution in [0.5, 0.6) is 5.75 Å². The number of phenols is 1. The maximum absolute atomic E-state index is 13.5. The molecule has 1 aromatic carbocycles. The fourth-order valence-corrected chi connectivity index (χ4v) is 5.50. The van der Waals surface area contributed by atoms with Crippen molar-refractivity contribution in [3.63, 3.8) is 0 Å². The Bertz CT molecular complexity index is 1250. The van der Waals surface area contributed by atoms with Crippen LogP contribution in [-0.2, 0) is 9.59 Å². The number of nitrogens with zero attached hydrogens (tertiary/aromatic N) is 1. The second kappa shape index (κ2) is 7.40. The Morgan fingerprint density at radius 1 is 1.15 bits per heavy atom. The highest BCUT2D eigenvalue weighted by Crippen LogP contribution is 2.55. The van der Waals surface area contributed by atoms with Gasteiger partial charge in [-0.25, -0.2) is 0 Å². The summed E-state index contributed by atoms with van der Waals surface area (Å²) in [4.78, 5) is 52.3. The van der Waals surface area contributed by atoms with Gasteiger partial charge in [0.05, 0.1) is 11.7 Å². The molecule has 0 heterocycles. The van der Waals surface area contributed by atoms with Crippen molar-refractivity contribution in [1.82, 2.24) is 4.90 Å². The van der Waals surface area contributed by atoms with E-state index in [0.717, 1.165) is 6.07 Å². The summed E-state index contributed by atoms with van der Waals surface area (Å²) in [5.41, 5.74) is 0.749. The summed E-state index contributed by atoms with van der Waals surface area (Å²) in [5.74, 6) is -10.1. The summed E-state index contributed by atoms with van der Waals surface area (Å²) < 4.78 is 0. The maximum Gasteiger partial charge on any atom is 0.255 e. The first-order chi connectivity index (χ1) is 15.8. The second-order valence-corrected chi connectivity index (χ2v) is 9.11. The van der Waals surface area contributed by atoms with Crippen molar-refractivity contribution < 1.29 is 44.7 Å². The molecule has 11 heteroatoms. The number of aromatic hydroxyl groups is 1. The molecule has 7 N–H and O–H groups in total. The highest BCUT2D eigenvalue weighted by Gasteiger charge is 2.64. The van der Waals surface area contributed by atoms with Gasteiger partial charge in [-0.05, 0) is 23.6 Å². The molecule has 180 valence electrons. The molecule has 4 rings (SSSR count). The van der Waals surface area contributed by atoms with Crippen LogP contribution in [0.2, 0.25) is 0 Å². The predicted molar refractivity (Wildman–Crippen MR) is 115 cm³/mol. The van der Waals surface area contributed by atoms with E-state index < -0.39 is 87.7 Å². The number of phenolic OH excluding ortho intramolecular Hbond substituents is 1. The van der Waals surface area contributed by atoms with Gasteiger partial charge in [-0.3, -0.25) is 19.2 Å². The molecule has 11 nitrogen and oxygen atoms in total. The Kier molecular flexibility index (Phi) is 5.11. The van der Waals surface area contributed by atoms with Crippen LogP contribution in [0, 0.1) is 11.8 Å². The number of amides is 2. The van der Waals surface area contributed by atoms with Crippen molar-refractivity contribution >= 4 is 23.4 Å². The minimum absolute atomic E-state index is 0.101. The van der Waals surface area contributed by atoms with Gasteiger partial charge in [0.1, 0.15) is 22.8 Å². The molecule has 0 unspecified atom stereocenters. The zero-order valence-electron chi connectivity index (χ0n) is 18.6. The highest BCUT2D eigenvalue weighted by molar-refractivity contribution is 6.24. The Labute approximate surface area is 193 Å². The number of Topliss-reactive ketones (excluding diaryl/α,β-unsaturated/α-hetero) is 2. The Morgan fingerprint density at radius 3 is 2.32 bits per heavy atom. The van der Waals surface area contributed by atoms with Crippen molar-refractivity contribution in [2.45, 2.75) is 31.0 Å². The third-order valence-corrected chi connectivity index (χ3v) is 7.11. The van der Waals surface area contributed by atoms with Gasteiger partial charge in [0.2, 0.25) is 5.78 Å². The van der Waals surface area contributed by atoms with E-state index in [2.05, 4.69) is 0 Å². The minimum Gasteiger partial charge on any atom is -0.511 e. The number of hydrogen-bond acceptors (Lipinski definition) is 9. The molecule has 0 spiro atoms. The molecular formula is C23H24N2O9. The maximum atomic E-state index is 13.5. The third kappa shape index (κ3) is 2.77. The van der Waals surface area contributed by atoms with E-state index in [0.29, 0.717) is 0 Å². The van der Waals surface area contributed by atoms with E-state index in [9.17, 15) is 44.7 Å². The average Bonchev–Trinajstić information content (AvgIpc) is 2.75. The molecule has 0 aliphatic heterocycles. The standard InChI is InChI=1S/C23H24N2O9/c1-7-12-8(22(33)25(2)3)4-5-10(26)14(12)18(29)16-13(7)17(28)9-6-11(27)15(21(24)32)19(30)23(9,34)20(16)31/h4-5,7,9,13,17,26-28,31,34H,6H2,1-3H3,(H2,24,32)/t7-,9+,13+,17+,23+/m0/s1. The van der Waals surface area contributed by atoms with Crippen LogP contribution < -0.4 is 5.73 Å². The van der Waals surface area contributed by atoms with Gasteiger partial charge < -0.3 is 36.2 Å². The molecule has 3 aliphatic rings. The number of nitrogens with two attached hydrogens (primary N) is 1. The SMILES string of the molecule is C[C@H]1c2c(C(=O)N(C)C)ccc(O)c2C(=O)C2=C(O)[C@]3(O)C(=O)C(C(N)=O)=C(O)C[C@@H]3[C@@H](O)[C@@H]21. The van der Waals surface area contributed by atoms with Crippen molar-refractivity contribution in [1.29, 1.82) is 0 Å². The van der Waals surface area contributed by atoms with Gasteiger partial charge in [0.25, 0.3) is 11.8 Å². The van der Waals surface area contributed by atoms with E-state index in [1.807, 2.05) is 0 Å². The third-order valence-electron chi connectivity index (χ3n) is 7.11. The number of carbonyl (C=O) groups is 4. The second-order valence-electron chi connectivity index (χ2n) is 9.11. The molecule has 0 saturated heterocycles. The van der Waals surface area contributed by atoms with Crippen LogP contribution in [0.4, 0.5) is 0 Å². The summed E-state index contributed by atoms with van der Waals surface area (Å²) in [5, 5.41) is 54.3. The van der Waals surface area contributed by atoms with Crippen molar-refractivity contribution in [2.75, 3.05) is 14.1 Å². The molecule has 3 aliphatic carbocycles. The van der Waals surface area contributed by atoms with E-state index >= 15 is 0 Å². The molecule has 0 fully saturated rings. The molecule has 0 bridgehead atoms. The molecule has 34 heavy (non-hydrogen) atoms. The van der Waals surface area contributed by atoms with Crippen LogP contribution in [0.3, 0.4) is 0 Å². The number of aliphatic hydroxyl groups excluding tert-OH is 3. The van der Waals surface area contributed by atoms with E-state index in [1.165, 1.54) is 25.1 Å². The van der Waals surface area contributed by atoms with Crippen LogP contribution in [0.25, 0.3) is 0 Å². The first-order valence-corrected chi connectivity index (χ1v) is 10.5. The monoisotopic (exact) mass is 472 g/mol. The number of carbonyl (C=O) groups excluding carboxylic acids is 4. The van der Waals surface area contributed by atoms with Crippen molar-refractivity contribution in [2.24, 2.45) is 17.6 Å². The lowest BCUT2D eigenvalue weighted by atomic mass is 9.56. The van der Waals surface area contributed by atoms with Gasteiger partial charge in [-0.2, -0.15) is 0 Å². The van der Waals surface area contributed by atoms with E-state index in [1.54, 1.807) is 6.92 Å². The first kappa shape index (κ1) is 23.5. The average molecular weight is 472 g/mol. The molecule has 2 amide bonds. The molecular weight excluding hydrogens is 448 g/mol. The van der Waals surface area contributed by atoms with Crippen LogP contribution in [0.1, 0.15) is 45.5 Å². The summed E-state index contributed by atoms with van der Waals surface area (Å²) in [6.07, 6.45) is -2.24. The molecule has 0 radical (unpaired) electrons. The zero-order valence-corrected chi connectivity index (χ0v) is 18.6. The lowest BCUT2D eigenvalue weighted by Gasteiger charge is -2.50. The van der Waals surface area contributed by atoms with Crippen molar-refractivity contribution in [3.8, 4) is 5.75 Å². The summed E-state index contributed by atoms with van der Waals surface area (Å²) >= 11 is 0. The first-order valence-electron chi connectivity index (χ1n) is 10.5. The summed E-state index contributed by atoms with van der Waals surface area (Å²) in [6, 6.07) is 2.49. The smallest absolute Gasteiger partial charge is 0.255 e. The molecule has 0 aromatic heterocycles. The molecule has 1 aromatic rings. The zero-order chi connectivity index (χ0) is 25.4. The van der Waals surface area contributed by atoms with Crippen molar-refractivity contribution in [3.05, 3.63) is 51.5 Å². The Hall–Kier alpha value is -3.70. The van der Waals surface area contributed by atoms with Gasteiger partial charge in [0, 0.05) is 43.5 Å².